The van der Waals surface area contributed by atoms with Gasteiger partial charge in [-0.1, -0.05) is 32.1 Å². The highest BCUT2D eigenvalue weighted by Crippen LogP contribution is 2.28. The number of hydrogen-bond acceptors (Lipinski definition) is 0. The summed E-state index contributed by atoms with van der Waals surface area (Å²) in [5, 5.41) is 0. The van der Waals surface area contributed by atoms with Crippen LogP contribution < -0.4 is 0 Å². The van der Waals surface area contributed by atoms with Crippen LogP contribution >= 0.6 is 33.2 Å². The van der Waals surface area contributed by atoms with Crippen LogP contribution in [0.4, 0.5) is 8.78 Å². The van der Waals surface area contributed by atoms with E-state index in [0.717, 1.165) is 12.8 Å². The number of rotatable bonds is 8. The van der Waals surface area contributed by atoms with Crippen molar-refractivity contribution in [3.8, 4) is 0 Å². The predicted molar refractivity (Wildman–Crippen MR) is 91.1 cm³/mol. The Morgan fingerprint density at radius 1 is 1.05 bits per heavy atom. The second kappa shape index (κ2) is 14.1. The summed E-state index contributed by atoms with van der Waals surface area (Å²) < 4.78 is 24.9. The van der Waals surface area contributed by atoms with E-state index >= 15 is 0 Å². The zero-order chi connectivity index (χ0) is 16.0. The predicted octanol–water partition coefficient (Wildman–Crippen LogP) is 7.51. The van der Waals surface area contributed by atoms with Crippen molar-refractivity contribution < 1.29 is 8.78 Å². The topological polar surface area (TPSA) is 0 Å². The molecule has 0 aliphatic rings. The second-order valence-corrected chi connectivity index (χ2v) is 13.4. The standard InChI is InChI=1S/C7H12Cl3FSi.C7H11F/c1-2-4-7(11)5-3-6-12(8,9)10;1-3-5-7(8)6-4-2/h4H,2-3,5-6H2,1H3;3,6H,1,4-5H2,2H3/b7-4-;7-6-. The Bertz CT molecular complexity index is 310. The molecule has 0 fully saturated rings. The van der Waals surface area contributed by atoms with E-state index in [1.807, 2.05) is 13.8 Å². The van der Waals surface area contributed by atoms with Crippen molar-refractivity contribution in [3.63, 3.8) is 0 Å². The molecule has 0 N–H and O–H groups in total. The van der Waals surface area contributed by atoms with Gasteiger partial charge in [0.05, 0.1) is 11.7 Å². The van der Waals surface area contributed by atoms with Gasteiger partial charge in [0, 0.05) is 6.42 Å². The van der Waals surface area contributed by atoms with Gasteiger partial charge in [0.25, 0.3) is 0 Å². The van der Waals surface area contributed by atoms with Gasteiger partial charge in [0.2, 0.25) is 0 Å². The molecule has 0 aromatic rings. The third-order valence-corrected chi connectivity index (χ3v) is 4.69. The molecule has 0 bridgehead atoms. The Labute approximate surface area is 136 Å². The lowest BCUT2D eigenvalue weighted by molar-refractivity contribution is 0.578. The molecule has 20 heavy (non-hydrogen) atoms. The van der Waals surface area contributed by atoms with E-state index in [2.05, 4.69) is 6.58 Å². The third-order valence-electron chi connectivity index (χ3n) is 2.07. The molecule has 118 valence electrons. The van der Waals surface area contributed by atoms with Crippen LogP contribution in [-0.4, -0.2) is 6.00 Å². The van der Waals surface area contributed by atoms with E-state index < -0.39 is 6.00 Å². The van der Waals surface area contributed by atoms with E-state index in [0.29, 0.717) is 25.3 Å². The lowest BCUT2D eigenvalue weighted by atomic mass is 10.3. The van der Waals surface area contributed by atoms with Crippen LogP contribution in [0.5, 0.6) is 0 Å². The van der Waals surface area contributed by atoms with E-state index in [-0.39, 0.29) is 11.7 Å². The van der Waals surface area contributed by atoms with Crippen LogP contribution in [-0.2, 0) is 0 Å². The summed E-state index contributed by atoms with van der Waals surface area (Å²) >= 11 is 16.9. The van der Waals surface area contributed by atoms with E-state index in [9.17, 15) is 8.78 Å². The van der Waals surface area contributed by atoms with Crippen LogP contribution in [0.1, 0.15) is 46.0 Å². The van der Waals surface area contributed by atoms with Crippen molar-refractivity contribution in [1.29, 1.82) is 0 Å². The van der Waals surface area contributed by atoms with Crippen molar-refractivity contribution in [1.82, 2.24) is 0 Å². The molecule has 0 unspecified atom stereocenters. The van der Waals surface area contributed by atoms with E-state index in [1.165, 1.54) is 0 Å². The first-order valence-electron chi connectivity index (χ1n) is 6.63. The van der Waals surface area contributed by atoms with Crippen LogP contribution in [0.2, 0.25) is 6.04 Å². The summed E-state index contributed by atoms with van der Waals surface area (Å²) in [6.45, 7) is 7.20. The average molecular weight is 364 g/mol. The normalized spacial score (nSPS) is 12.8. The first-order valence-corrected chi connectivity index (χ1v) is 11.9. The first-order chi connectivity index (χ1) is 9.26. The van der Waals surface area contributed by atoms with Crippen molar-refractivity contribution in [3.05, 3.63) is 36.5 Å². The minimum absolute atomic E-state index is 0.0810. The van der Waals surface area contributed by atoms with Crippen molar-refractivity contribution in [2.45, 2.75) is 52.0 Å². The fraction of sp³-hybridized carbons (Fsp3) is 0.571. The van der Waals surface area contributed by atoms with Gasteiger partial charge in [-0.2, -0.15) is 0 Å². The second-order valence-electron chi connectivity index (χ2n) is 4.08. The molecule has 0 heterocycles. The Hall–Kier alpha value is 0.167. The molecule has 0 nitrogen and oxygen atoms in total. The van der Waals surface area contributed by atoms with Gasteiger partial charge in [-0.3, -0.25) is 0 Å². The van der Waals surface area contributed by atoms with Crippen molar-refractivity contribution in [2.24, 2.45) is 0 Å². The largest absolute Gasteiger partial charge is 0.341 e. The summed E-state index contributed by atoms with van der Waals surface area (Å²) in [7, 11) is 0. The molecule has 0 spiro atoms. The maximum atomic E-state index is 12.7. The fourth-order valence-corrected chi connectivity index (χ4v) is 3.00. The maximum absolute atomic E-state index is 12.7. The zero-order valence-corrected chi connectivity index (χ0v) is 15.3. The molecule has 0 atom stereocenters. The van der Waals surface area contributed by atoms with Crippen LogP contribution in [0.25, 0.3) is 0 Å². The van der Waals surface area contributed by atoms with Gasteiger partial charge in [-0.15, -0.1) is 39.8 Å². The minimum Gasteiger partial charge on any atom is -0.212 e. The lowest BCUT2D eigenvalue weighted by Crippen LogP contribution is -2.07. The van der Waals surface area contributed by atoms with E-state index in [1.54, 1.807) is 18.2 Å². The average Bonchev–Trinajstić information content (AvgIpc) is 2.29. The summed E-state index contributed by atoms with van der Waals surface area (Å²) in [5.74, 6) is -0.178. The van der Waals surface area contributed by atoms with Crippen LogP contribution in [0.15, 0.2) is 36.5 Å². The Morgan fingerprint density at radius 2 is 1.55 bits per heavy atom. The Morgan fingerprint density at radius 3 is 1.95 bits per heavy atom. The van der Waals surface area contributed by atoms with Gasteiger partial charge in [-0.05, 0) is 31.7 Å². The van der Waals surface area contributed by atoms with Crippen molar-refractivity contribution >= 4 is 39.2 Å². The molecule has 0 saturated heterocycles. The first kappa shape index (κ1) is 22.4. The summed E-state index contributed by atoms with van der Waals surface area (Å²) in [6.07, 6.45) is 7.55. The smallest absolute Gasteiger partial charge is 0.212 e. The molecular formula is C14H23Cl3F2Si. The highest BCUT2D eigenvalue weighted by Gasteiger charge is 2.23. The van der Waals surface area contributed by atoms with Gasteiger partial charge < -0.3 is 0 Å². The molecule has 0 saturated carbocycles. The summed E-state index contributed by atoms with van der Waals surface area (Å²) in [6, 6.07) is -1.99. The number of hydrogen-bond donors (Lipinski definition) is 0. The highest BCUT2D eigenvalue weighted by atomic mass is 35.8. The molecule has 0 aromatic carbocycles. The molecule has 0 aromatic heterocycles. The van der Waals surface area contributed by atoms with Gasteiger partial charge >= 0.3 is 6.00 Å². The van der Waals surface area contributed by atoms with Gasteiger partial charge in [-0.25, -0.2) is 8.78 Å². The summed E-state index contributed by atoms with van der Waals surface area (Å²) in [5.41, 5.74) is 0. The number of halogens is 5. The Kier molecular flexibility index (Phi) is 15.8. The molecule has 6 heteroatoms. The monoisotopic (exact) mass is 362 g/mol. The molecular weight excluding hydrogens is 341 g/mol. The SMILES string of the molecule is C=CC/C(F)=C/CC.CC/C=C(\F)CCC[Si](Cl)(Cl)Cl. The van der Waals surface area contributed by atoms with E-state index in [4.69, 9.17) is 33.2 Å². The quantitative estimate of drug-likeness (QED) is 0.238. The fourth-order valence-electron chi connectivity index (χ4n) is 1.22. The van der Waals surface area contributed by atoms with Gasteiger partial charge in [0.1, 0.15) is 0 Å². The molecule has 0 aliphatic carbocycles. The number of allylic oxidation sites excluding steroid dienone is 5. The third kappa shape index (κ3) is 20.5. The minimum atomic E-state index is -2.52. The Balaban J connectivity index is 0. The van der Waals surface area contributed by atoms with Crippen LogP contribution in [0.3, 0.4) is 0 Å². The molecule has 0 radical (unpaired) electrons. The van der Waals surface area contributed by atoms with Gasteiger partial charge in [0.15, 0.2) is 0 Å². The zero-order valence-electron chi connectivity index (χ0n) is 12.1. The van der Waals surface area contributed by atoms with Crippen molar-refractivity contribution in [2.75, 3.05) is 0 Å². The van der Waals surface area contributed by atoms with Crippen LogP contribution in [0, 0.1) is 0 Å². The summed E-state index contributed by atoms with van der Waals surface area (Å²) in [4.78, 5) is 0. The highest BCUT2D eigenvalue weighted by molar-refractivity contribution is 7.64. The molecule has 0 amide bonds. The molecule has 0 aliphatic heterocycles. The maximum Gasteiger partial charge on any atom is 0.341 e. The molecule has 0 rings (SSSR count). The lowest BCUT2D eigenvalue weighted by Gasteiger charge is -2.05.